The molecule has 2 rings (SSSR count). The number of hydrogen-bond acceptors (Lipinski definition) is 2. The molecule has 0 aromatic carbocycles. The summed E-state index contributed by atoms with van der Waals surface area (Å²) in [5.74, 6) is 0.664. The molecule has 1 aliphatic carbocycles. The summed E-state index contributed by atoms with van der Waals surface area (Å²) in [7, 11) is 0. The van der Waals surface area contributed by atoms with Gasteiger partial charge in [0.2, 0.25) is 0 Å². The lowest BCUT2D eigenvalue weighted by atomic mass is 9.95. The van der Waals surface area contributed by atoms with Crippen molar-refractivity contribution in [3.8, 4) is 0 Å². The molecule has 1 atom stereocenters. The minimum Gasteiger partial charge on any atom is -0.303 e. The molecule has 0 aromatic rings. The quantitative estimate of drug-likeness (QED) is 0.593. The van der Waals surface area contributed by atoms with Gasteiger partial charge in [0.1, 0.15) is 6.29 Å². The molecule has 0 amide bonds. The highest BCUT2D eigenvalue weighted by Gasteiger charge is 2.32. The molecule has 1 aliphatic heterocycles. The van der Waals surface area contributed by atoms with Crippen molar-refractivity contribution in [3.63, 3.8) is 0 Å². The molecular formula is C10H17NO. The molecule has 2 nitrogen and oxygen atoms in total. The van der Waals surface area contributed by atoms with Gasteiger partial charge in [0.15, 0.2) is 0 Å². The molecule has 0 radical (unpaired) electrons. The van der Waals surface area contributed by atoms with E-state index in [0.29, 0.717) is 5.92 Å². The third-order valence-corrected chi connectivity index (χ3v) is 3.04. The van der Waals surface area contributed by atoms with Crippen LogP contribution in [0.15, 0.2) is 0 Å². The Morgan fingerprint density at radius 3 is 2.83 bits per heavy atom. The lowest BCUT2D eigenvalue weighted by Gasteiger charge is -2.31. The first-order valence-corrected chi connectivity index (χ1v) is 5.08. The van der Waals surface area contributed by atoms with E-state index in [9.17, 15) is 4.79 Å². The fraction of sp³-hybridized carbons (Fsp3) is 0.900. The number of carbonyl (C=O) groups is 1. The first-order valence-electron chi connectivity index (χ1n) is 5.08. The third kappa shape index (κ3) is 1.86. The molecule has 12 heavy (non-hydrogen) atoms. The maximum absolute atomic E-state index is 10.3. The molecule has 68 valence electrons. The first kappa shape index (κ1) is 8.24. The van der Waals surface area contributed by atoms with Gasteiger partial charge in [-0.25, -0.2) is 0 Å². The van der Waals surface area contributed by atoms with Crippen LogP contribution >= 0.6 is 0 Å². The van der Waals surface area contributed by atoms with Crippen LogP contribution < -0.4 is 0 Å². The van der Waals surface area contributed by atoms with Gasteiger partial charge >= 0.3 is 0 Å². The molecule has 0 aromatic heterocycles. The van der Waals surface area contributed by atoms with Crippen LogP contribution in [0.4, 0.5) is 0 Å². The molecular weight excluding hydrogens is 150 g/mol. The molecule has 0 spiro atoms. The number of rotatable bonds is 3. The molecule has 1 saturated carbocycles. The predicted octanol–water partition coefficient (Wildman–Crippen LogP) is 1.45. The van der Waals surface area contributed by atoms with Crippen LogP contribution in [-0.2, 0) is 4.79 Å². The Morgan fingerprint density at radius 2 is 2.17 bits per heavy atom. The normalized spacial score (nSPS) is 31.8. The van der Waals surface area contributed by atoms with Crippen LogP contribution in [0.5, 0.6) is 0 Å². The average molecular weight is 167 g/mol. The zero-order valence-electron chi connectivity index (χ0n) is 7.54. The van der Waals surface area contributed by atoms with Crippen LogP contribution in [0.1, 0.15) is 32.1 Å². The molecule has 2 heteroatoms. The topological polar surface area (TPSA) is 20.3 Å². The Bertz CT molecular complexity index is 165. The Morgan fingerprint density at radius 1 is 1.33 bits per heavy atom. The number of likely N-dealkylation sites (tertiary alicyclic amines) is 1. The summed E-state index contributed by atoms with van der Waals surface area (Å²) in [6, 6.07) is 0.888. The van der Waals surface area contributed by atoms with Crippen molar-refractivity contribution in [2.75, 3.05) is 13.1 Å². The molecule has 1 heterocycles. The molecule has 1 unspecified atom stereocenters. The summed E-state index contributed by atoms with van der Waals surface area (Å²) in [5.41, 5.74) is 0. The Kier molecular flexibility index (Phi) is 2.45. The van der Waals surface area contributed by atoms with Gasteiger partial charge in [-0.15, -0.1) is 0 Å². The van der Waals surface area contributed by atoms with Gasteiger partial charge in [0.25, 0.3) is 0 Å². The van der Waals surface area contributed by atoms with Crippen LogP contribution in [0.2, 0.25) is 0 Å². The van der Waals surface area contributed by atoms with E-state index in [4.69, 9.17) is 0 Å². The number of aldehydes is 1. The smallest absolute Gasteiger partial charge is 0.120 e. The summed E-state index contributed by atoms with van der Waals surface area (Å²) in [6.07, 6.45) is 7.23. The third-order valence-electron chi connectivity index (χ3n) is 3.04. The SMILES string of the molecule is O=CCC1CCCN(C2CC2)C1. The second-order valence-electron chi connectivity index (χ2n) is 4.14. The van der Waals surface area contributed by atoms with Gasteiger partial charge in [-0.05, 0) is 38.1 Å². The highest BCUT2D eigenvalue weighted by atomic mass is 16.1. The molecule has 0 N–H and O–H groups in total. The van der Waals surface area contributed by atoms with Crippen molar-refractivity contribution in [2.24, 2.45) is 5.92 Å². The fourth-order valence-electron chi connectivity index (χ4n) is 2.20. The maximum Gasteiger partial charge on any atom is 0.120 e. The van der Waals surface area contributed by atoms with Crippen LogP contribution in [0.3, 0.4) is 0 Å². The predicted molar refractivity (Wildman–Crippen MR) is 48.0 cm³/mol. The summed E-state index contributed by atoms with van der Waals surface area (Å²) in [4.78, 5) is 12.9. The summed E-state index contributed by atoms with van der Waals surface area (Å²) in [5, 5.41) is 0. The summed E-state index contributed by atoms with van der Waals surface area (Å²) < 4.78 is 0. The Balaban J connectivity index is 1.80. The number of hydrogen-bond donors (Lipinski definition) is 0. The zero-order chi connectivity index (χ0) is 8.39. The number of piperidine rings is 1. The van der Waals surface area contributed by atoms with E-state index >= 15 is 0 Å². The first-order chi connectivity index (χ1) is 5.90. The van der Waals surface area contributed by atoms with Gasteiger partial charge in [-0.2, -0.15) is 0 Å². The van der Waals surface area contributed by atoms with Gasteiger partial charge in [0, 0.05) is 19.0 Å². The minimum atomic E-state index is 0.664. The van der Waals surface area contributed by atoms with E-state index in [-0.39, 0.29) is 0 Å². The van der Waals surface area contributed by atoms with E-state index < -0.39 is 0 Å². The van der Waals surface area contributed by atoms with Crippen molar-refractivity contribution in [2.45, 2.75) is 38.1 Å². The largest absolute Gasteiger partial charge is 0.303 e. The van der Waals surface area contributed by atoms with Gasteiger partial charge < -0.3 is 9.69 Å². The highest BCUT2D eigenvalue weighted by Crippen LogP contribution is 2.31. The van der Waals surface area contributed by atoms with Crippen LogP contribution in [0, 0.1) is 5.92 Å². The van der Waals surface area contributed by atoms with Crippen molar-refractivity contribution in [1.82, 2.24) is 4.90 Å². The number of nitrogens with zero attached hydrogens (tertiary/aromatic N) is 1. The van der Waals surface area contributed by atoms with Crippen LogP contribution in [0.25, 0.3) is 0 Å². The van der Waals surface area contributed by atoms with Crippen molar-refractivity contribution >= 4 is 6.29 Å². The molecule has 0 bridgehead atoms. The second kappa shape index (κ2) is 3.56. The molecule has 1 saturated heterocycles. The van der Waals surface area contributed by atoms with E-state index in [2.05, 4.69) is 4.90 Å². The van der Waals surface area contributed by atoms with Crippen molar-refractivity contribution in [1.29, 1.82) is 0 Å². The van der Waals surface area contributed by atoms with Gasteiger partial charge in [0.05, 0.1) is 0 Å². The van der Waals surface area contributed by atoms with E-state index in [1.165, 1.54) is 38.8 Å². The lowest BCUT2D eigenvalue weighted by molar-refractivity contribution is -0.109. The van der Waals surface area contributed by atoms with Gasteiger partial charge in [-0.3, -0.25) is 0 Å². The molecule has 2 fully saturated rings. The fourth-order valence-corrected chi connectivity index (χ4v) is 2.20. The van der Waals surface area contributed by atoms with Crippen LogP contribution in [-0.4, -0.2) is 30.3 Å². The van der Waals surface area contributed by atoms with E-state index in [0.717, 1.165) is 18.7 Å². The number of carbonyl (C=O) groups excluding carboxylic acids is 1. The second-order valence-corrected chi connectivity index (χ2v) is 4.14. The highest BCUT2D eigenvalue weighted by molar-refractivity contribution is 5.49. The zero-order valence-corrected chi connectivity index (χ0v) is 7.54. The van der Waals surface area contributed by atoms with Gasteiger partial charge in [-0.1, -0.05) is 0 Å². The summed E-state index contributed by atoms with van der Waals surface area (Å²) >= 11 is 0. The average Bonchev–Trinajstić information content (AvgIpc) is 2.88. The summed E-state index contributed by atoms with van der Waals surface area (Å²) in [6.45, 7) is 2.46. The van der Waals surface area contributed by atoms with Crippen molar-refractivity contribution < 1.29 is 4.79 Å². The minimum absolute atomic E-state index is 0.664. The Hall–Kier alpha value is -0.370. The Labute approximate surface area is 73.9 Å². The van der Waals surface area contributed by atoms with E-state index in [1.807, 2.05) is 0 Å². The lowest BCUT2D eigenvalue weighted by Crippen LogP contribution is -2.37. The van der Waals surface area contributed by atoms with Crippen molar-refractivity contribution in [3.05, 3.63) is 0 Å². The maximum atomic E-state index is 10.3. The molecule has 2 aliphatic rings. The monoisotopic (exact) mass is 167 g/mol. The van der Waals surface area contributed by atoms with E-state index in [1.54, 1.807) is 0 Å². The standard InChI is InChI=1S/C10H17NO/c12-7-5-9-2-1-6-11(8-9)10-3-4-10/h7,9-10H,1-6,8H2.